The first-order chi connectivity index (χ1) is 22.6. The summed E-state index contributed by atoms with van der Waals surface area (Å²) >= 11 is 6.14. The highest BCUT2D eigenvalue weighted by atomic mass is 35.5. The van der Waals surface area contributed by atoms with Gasteiger partial charge in [-0.2, -0.15) is 17.6 Å². The summed E-state index contributed by atoms with van der Waals surface area (Å²) in [5.74, 6) is -0.531. The first-order valence-electron chi connectivity index (χ1n) is 14.7. The molecule has 0 aliphatic carbocycles. The van der Waals surface area contributed by atoms with Crippen molar-refractivity contribution in [3.05, 3.63) is 131 Å². The Balaban J connectivity index is 1.42. The SMILES string of the molecule is O=C(N[C@@](Cc1ccccc1)(c1cccc(OC(F)(F)C(F)F)c1)c1ccc(Cl)cn1)N1CCN(C(=O)OCc2ccccc2)CC1. The van der Waals surface area contributed by atoms with Gasteiger partial charge in [0.25, 0.3) is 0 Å². The number of carbonyl (C=O) groups excluding carboxylic acids is 2. The maximum absolute atomic E-state index is 14.0. The molecule has 1 aliphatic rings. The van der Waals surface area contributed by atoms with E-state index in [0.29, 0.717) is 10.7 Å². The van der Waals surface area contributed by atoms with E-state index < -0.39 is 35.9 Å². The lowest BCUT2D eigenvalue weighted by Crippen LogP contribution is -2.58. The molecular formula is C34H31ClF4N4O4. The molecule has 246 valence electrons. The van der Waals surface area contributed by atoms with Crippen molar-refractivity contribution in [2.75, 3.05) is 26.2 Å². The lowest BCUT2D eigenvalue weighted by molar-refractivity contribution is -0.253. The van der Waals surface area contributed by atoms with Crippen LogP contribution in [0.4, 0.5) is 27.2 Å². The molecule has 13 heteroatoms. The van der Waals surface area contributed by atoms with E-state index in [-0.39, 0.29) is 44.8 Å². The van der Waals surface area contributed by atoms with E-state index in [1.165, 1.54) is 28.1 Å². The zero-order valence-electron chi connectivity index (χ0n) is 25.0. The van der Waals surface area contributed by atoms with Gasteiger partial charge in [-0.25, -0.2) is 9.59 Å². The van der Waals surface area contributed by atoms with Gasteiger partial charge in [-0.15, -0.1) is 0 Å². The van der Waals surface area contributed by atoms with Crippen LogP contribution in [0, 0.1) is 0 Å². The molecule has 0 bridgehead atoms. The van der Waals surface area contributed by atoms with Gasteiger partial charge in [0.1, 0.15) is 17.9 Å². The van der Waals surface area contributed by atoms with Crippen molar-refractivity contribution >= 4 is 23.7 Å². The summed E-state index contributed by atoms with van der Waals surface area (Å²) in [4.78, 5) is 34.2. The molecule has 0 spiro atoms. The summed E-state index contributed by atoms with van der Waals surface area (Å²) < 4.78 is 63.7. The molecule has 1 aromatic heterocycles. The Kier molecular flexibility index (Phi) is 10.5. The number of alkyl halides is 4. The highest BCUT2D eigenvalue weighted by Gasteiger charge is 2.45. The van der Waals surface area contributed by atoms with E-state index in [4.69, 9.17) is 16.3 Å². The van der Waals surface area contributed by atoms with Crippen LogP contribution in [0.2, 0.25) is 5.02 Å². The van der Waals surface area contributed by atoms with Crippen LogP contribution in [0.5, 0.6) is 5.75 Å². The number of ether oxygens (including phenoxy) is 2. The molecule has 0 radical (unpaired) electrons. The number of hydrogen-bond donors (Lipinski definition) is 1. The number of nitrogens with one attached hydrogen (secondary N) is 1. The highest BCUT2D eigenvalue weighted by molar-refractivity contribution is 6.30. The number of hydrogen-bond acceptors (Lipinski definition) is 5. The molecule has 4 aromatic rings. The van der Waals surface area contributed by atoms with Gasteiger partial charge in [0.15, 0.2) is 0 Å². The summed E-state index contributed by atoms with van der Waals surface area (Å²) in [7, 11) is 0. The fourth-order valence-electron chi connectivity index (χ4n) is 5.24. The minimum atomic E-state index is -4.75. The lowest BCUT2D eigenvalue weighted by Gasteiger charge is -2.40. The smallest absolute Gasteiger partial charge is 0.445 e. The van der Waals surface area contributed by atoms with Crippen LogP contribution in [0.15, 0.2) is 103 Å². The summed E-state index contributed by atoms with van der Waals surface area (Å²) in [5, 5.41) is 3.38. The molecule has 5 rings (SSSR count). The van der Waals surface area contributed by atoms with Crippen LogP contribution in [-0.4, -0.2) is 65.6 Å². The van der Waals surface area contributed by atoms with Crippen molar-refractivity contribution in [3.8, 4) is 5.75 Å². The van der Waals surface area contributed by atoms with Crippen LogP contribution in [0.1, 0.15) is 22.4 Å². The van der Waals surface area contributed by atoms with Crippen molar-refractivity contribution < 1.29 is 36.6 Å². The van der Waals surface area contributed by atoms with Gasteiger partial charge in [0.2, 0.25) is 0 Å². The fraction of sp³-hybridized carbons (Fsp3) is 0.265. The number of piperazine rings is 1. The molecule has 1 N–H and O–H groups in total. The van der Waals surface area contributed by atoms with Gasteiger partial charge < -0.3 is 24.6 Å². The zero-order chi connectivity index (χ0) is 33.4. The number of aromatic nitrogens is 1. The Labute approximate surface area is 273 Å². The number of halogens is 5. The van der Waals surface area contributed by atoms with Crippen molar-refractivity contribution in [3.63, 3.8) is 0 Å². The number of urea groups is 1. The molecule has 8 nitrogen and oxygen atoms in total. The van der Waals surface area contributed by atoms with Crippen molar-refractivity contribution in [1.82, 2.24) is 20.1 Å². The normalized spacial score (nSPS) is 14.8. The summed E-state index contributed by atoms with van der Waals surface area (Å²) in [6, 6.07) is 26.2. The molecule has 0 unspecified atom stereocenters. The lowest BCUT2D eigenvalue weighted by atomic mass is 9.80. The van der Waals surface area contributed by atoms with Crippen LogP contribution < -0.4 is 10.1 Å². The van der Waals surface area contributed by atoms with Crippen LogP contribution >= 0.6 is 11.6 Å². The Morgan fingerprint density at radius 1 is 0.851 bits per heavy atom. The molecule has 47 heavy (non-hydrogen) atoms. The standard InChI is InChI=1S/C34H31ClF4N4O4/c35-27-14-15-29(40-22-27)33(21-24-8-3-1-4-9-24,26-12-7-13-28(20-26)47-34(38,39)30(36)37)41-31(44)42-16-18-43(19-17-42)32(45)46-23-25-10-5-2-6-11-25/h1-15,20,22,30H,16-19,21,23H2,(H,41,44)/t33-/m0/s1. The second-order valence-electron chi connectivity index (χ2n) is 10.9. The van der Waals surface area contributed by atoms with E-state index >= 15 is 0 Å². The average molecular weight is 671 g/mol. The summed E-state index contributed by atoms with van der Waals surface area (Å²) in [6.45, 7) is 0.870. The summed E-state index contributed by atoms with van der Waals surface area (Å²) in [5.41, 5.74) is 0.639. The molecule has 3 aromatic carbocycles. The van der Waals surface area contributed by atoms with Crippen LogP contribution in [0.25, 0.3) is 0 Å². The third kappa shape index (κ3) is 8.31. The molecule has 1 fully saturated rings. The first-order valence-corrected chi connectivity index (χ1v) is 15.1. The van der Waals surface area contributed by atoms with Gasteiger partial charge >= 0.3 is 24.7 Å². The van der Waals surface area contributed by atoms with Crippen molar-refractivity contribution in [1.29, 1.82) is 0 Å². The maximum atomic E-state index is 14.0. The van der Waals surface area contributed by atoms with Crippen molar-refractivity contribution in [2.24, 2.45) is 0 Å². The molecular weight excluding hydrogens is 640 g/mol. The second kappa shape index (κ2) is 14.7. The number of benzene rings is 3. The van der Waals surface area contributed by atoms with E-state index in [1.807, 2.05) is 48.5 Å². The van der Waals surface area contributed by atoms with E-state index in [1.54, 1.807) is 30.3 Å². The average Bonchev–Trinajstić information content (AvgIpc) is 3.08. The molecule has 2 heterocycles. The van der Waals surface area contributed by atoms with Gasteiger partial charge in [0.05, 0.1) is 10.7 Å². The van der Waals surface area contributed by atoms with E-state index in [9.17, 15) is 27.2 Å². The predicted molar refractivity (Wildman–Crippen MR) is 166 cm³/mol. The van der Waals surface area contributed by atoms with E-state index in [0.717, 1.165) is 17.2 Å². The van der Waals surface area contributed by atoms with Gasteiger partial charge in [0, 0.05) is 38.8 Å². The van der Waals surface area contributed by atoms with Crippen molar-refractivity contribution in [2.45, 2.75) is 31.1 Å². The zero-order valence-corrected chi connectivity index (χ0v) is 25.8. The Morgan fingerprint density at radius 2 is 1.49 bits per heavy atom. The van der Waals surface area contributed by atoms with Gasteiger partial charge in [-0.05, 0) is 41.0 Å². The molecule has 0 saturated carbocycles. The monoisotopic (exact) mass is 670 g/mol. The number of rotatable bonds is 10. The summed E-state index contributed by atoms with van der Waals surface area (Å²) in [6.07, 6.45) is -7.84. The number of carbonyl (C=O) groups is 2. The van der Waals surface area contributed by atoms with Gasteiger partial charge in [-0.3, -0.25) is 4.98 Å². The maximum Gasteiger partial charge on any atom is 0.461 e. The van der Waals surface area contributed by atoms with Gasteiger partial charge in [-0.1, -0.05) is 84.4 Å². The third-order valence-corrected chi connectivity index (χ3v) is 7.89. The number of nitrogens with zero attached hydrogens (tertiary/aromatic N) is 3. The first kappa shape index (κ1) is 33.5. The molecule has 1 saturated heterocycles. The van der Waals surface area contributed by atoms with Crippen LogP contribution in [-0.2, 0) is 23.3 Å². The number of pyridine rings is 1. The molecule has 1 atom stereocenters. The molecule has 1 aliphatic heterocycles. The predicted octanol–water partition coefficient (Wildman–Crippen LogP) is 7.12. The second-order valence-corrected chi connectivity index (χ2v) is 11.3. The third-order valence-electron chi connectivity index (χ3n) is 7.66. The molecule has 3 amide bonds. The van der Waals surface area contributed by atoms with E-state index in [2.05, 4.69) is 15.0 Å². The minimum Gasteiger partial charge on any atom is -0.445 e. The van der Waals surface area contributed by atoms with Crippen LogP contribution in [0.3, 0.4) is 0 Å². The quantitative estimate of drug-likeness (QED) is 0.182. The topological polar surface area (TPSA) is 84.0 Å². The minimum absolute atomic E-state index is 0.0919. The Hall–Kier alpha value is -4.84. The Bertz CT molecular complexity index is 1640. The largest absolute Gasteiger partial charge is 0.461 e. The fourth-order valence-corrected chi connectivity index (χ4v) is 5.35. The number of amides is 3. The Morgan fingerprint density at radius 3 is 2.11 bits per heavy atom. The highest BCUT2D eigenvalue weighted by Crippen LogP contribution is 2.37.